The Balaban J connectivity index is 2.35. The fourth-order valence-electron chi connectivity index (χ4n) is 1.77. The molecule has 0 aromatic heterocycles. The number of hydrogen-bond donors (Lipinski definition) is 0. The van der Waals surface area contributed by atoms with Gasteiger partial charge >= 0.3 is 7.80 Å². The highest BCUT2D eigenvalue weighted by Crippen LogP contribution is 2.39. The maximum Gasteiger partial charge on any atom is 0.341 e. The van der Waals surface area contributed by atoms with E-state index in [0.717, 1.165) is 25.4 Å². The Morgan fingerprint density at radius 2 is 2.25 bits per heavy atom. The second-order valence-electron chi connectivity index (χ2n) is 3.56. The van der Waals surface area contributed by atoms with Gasteiger partial charge in [-0.05, 0) is 25.7 Å². The first-order valence-corrected chi connectivity index (χ1v) is 6.33. The molecular formula is C9H17FOP+. The predicted octanol–water partition coefficient (Wildman–Crippen LogP) is 3.50. The van der Waals surface area contributed by atoms with E-state index in [1.807, 2.05) is 6.92 Å². The fourth-order valence-corrected chi connectivity index (χ4v) is 3.51. The van der Waals surface area contributed by atoms with Gasteiger partial charge in [0.25, 0.3) is 0 Å². The zero-order valence-electron chi connectivity index (χ0n) is 7.63. The standard InChI is InChI=1S/C9H17FOP/c1-2-6-12(11)9-5-3-4-8(10)7-9/h8-9H,2-7H2,1H3/q+1. The van der Waals surface area contributed by atoms with Crippen LogP contribution in [0.2, 0.25) is 0 Å². The molecule has 3 unspecified atom stereocenters. The van der Waals surface area contributed by atoms with Gasteiger partial charge in [0.05, 0.1) is 0 Å². The summed E-state index contributed by atoms with van der Waals surface area (Å²) in [5.74, 6) is 0. The van der Waals surface area contributed by atoms with Crippen LogP contribution in [0.1, 0.15) is 39.0 Å². The van der Waals surface area contributed by atoms with E-state index < -0.39 is 14.0 Å². The Hall–Kier alpha value is 0.0300. The lowest BCUT2D eigenvalue weighted by Gasteiger charge is -2.16. The van der Waals surface area contributed by atoms with Crippen LogP contribution in [0.15, 0.2) is 0 Å². The summed E-state index contributed by atoms with van der Waals surface area (Å²) in [7, 11) is -1.12. The van der Waals surface area contributed by atoms with Crippen LogP contribution < -0.4 is 0 Å². The van der Waals surface area contributed by atoms with Gasteiger partial charge in [-0.2, -0.15) is 0 Å². The molecule has 70 valence electrons. The zero-order chi connectivity index (χ0) is 8.97. The number of rotatable bonds is 3. The molecule has 0 amide bonds. The van der Waals surface area contributed by atoms with Crippen molar-refractivity contribution in [3.63, 3.8) is 0 Å². The number of alkyl halides is 1. The molecule has 0 aromatic rings. The zero-order valence-corrected chi connectivity index (χ0v) is 8.53. The molecule has 0 N–H and O–H groups in total. The average Bonchev–Trinajstić information content (AvgIpc) is 2.05. The van der Waals surface area contributed by atoms with E-state index in [4.69, 9.17) is 0 Å². The highest BCUT2D eigenvalue weighted by atomic mass is 31.1. The quantitative estimate of drug-likeness (QED) is 0.624. The van der Waals surface area contributed by atoms with Gasteiger partial charge in [-0.3, -0.25) is 0 Å². The molecule has 3 heteroatoms. The molecule has 0 bridgehead atoms. The Kier molecular flexibility index (Phi) is 4.14. The second-order valence-corrected chi connectivity index (χ2v) is 5.57. The van der Waals surface area contributed by atoms with Gasteiger partial charge in [-0.1, -0.05) is 11.5 Å². The molecule has 1 fully saturated rings. The molecule has 1 nitrogen and oxygen atoms in total. The summed E-state index contributed by atoms with van der Waals surface area (Å²) in [6, 6.07) is 0. The molecule has 1 aliphatic carbocycles. The maximum absolute atomic E-state index is 12.9. The lowest BCUT2D eigenvalue weighted by Crippen LogP contribution is -2.18. The third-order valence-electron chi connectivity index (χ3n) is 2.43. The van der Waals surface area contributed by atoms with Crippen molar-refractivity contribution >= 4 is 7.80 Å². The van der Waals surface area contributed by atoms with Crippen LogP contribution >= 0.6 is 7.80 Å². The fraction of sp³-hybridized carbons (Fsp3) is 1.00. The van der Waals surface area contributed by atoms with E-state index in [1.54, 1.807) is 0 Å². The van der Waals surface area contributed by atoms with Crippen LogP contribution in [-0.2, 0) is 4.57 Å². The summed E-state index contributed by atoms with van der Waals surface area (Å²) >= 11 is 0. The molecule has 0 heterocycles. The average molecular weight is 191 g/mol. The van der Waals surface area contributed by atoms with Gasteiger partial charge in [-0.25, -0.2) is 4.39 Å². The highest BCUT2D eigenvalue weighted by Gasteiger charge is 2.34. The van der Waals surface area contributed by atoms with E-state index in [1.165, 1.54) is 0 Å². The summed E-state index contributed by atoms with van der Waals surface area (Å²) in [6.45, 7) is 2.03. The first-order valence-electron chi connectivity index (χ1n) is 4.82. The number of hydrogen-bond acceptors (Lipinski definition) is 1. The first-order chi connectivity index (χ1) is 5.74. The summed E-state index contributed by atoms with van der Waals surface area (Å²) in [5, 5.41) is 0. The maximum atomic E-state index is 12.9. The van der Waals surface area contributed by atoms with Crippen LogP contribution in [0, 0.1) is 0 Å². The highest BCUT2D eigenvalue weighted by molar-refractivity contribution is 7.45. The van der Waals surface area contributed by atoms with Crippen LogP contribution in [0.25, 0.3) is 0 Å². The Morgan fingerprint density at radius 3 is 2.83 bits per heavy atom. The summed E-state index contributed by atoms with van der Waals surface area (Å²) < 4.78 is 24.4. The molecule has 12 heavy (non-hydrogen) atoms. The normalized spacial score (nSPS) is 31.7. The number of halogens is 1. The van der Waals surface area contributed by atoms with E-state index in [9.17, 15) is 8.96 Å². The molecule has 1 rings (SSSR count). The van der Waals surface area contributed by atoms with Crippen LogP contribution in [0.4, 0.5) is 4.39 Å². The van der Waals surface area contributed by atoms with Crippen molar-refractivity contribution in [2.24, 2.45) is 0 Å². The molecule has 1 saturated carbocycles. The smallest absolute Gasteiger partial charge is 0.247 e. The van der Waals surface area contributed by atoms with Gasteiger partial charge < -0.3 is 0 Å². The minimum Gasteiger partial charge on any atom is -0.247 e. The van der Waals surface area contributed by atoms with Gasteiger partial charge in [0, 0.05) is 6.42 Å². The van der Waals surface area contributed by atoms with E-state index in [-0.39, 0.29) is 5.66 Å². The van der Waals surface area contributed by atoms with Crippen LogP contribution in [0.5, 0.6) is 0 Å². The largest absolute Gasteiger partial charge is 0.341 e. The monoisotopic (exact) mass is 191 g/mol. The van der Waals surface area contributed by atoms with E-state index in [2.05, 4.69) is 0 Å². The summed E-state index contributed by atoms with van der Waals surface area (Å²) in [4.78, 5) is 0. The van der Waals surface area contributed by atoms with Gasteiger partial charge in [-0.15, -0.1) is 0 Å². The molecule has 0 spiro atoms. The van der Waals surface area contributed by atoms with Crippen molar-refractivity contribution in [3.05, 3.63) is 0 Å². The van der Waals surface area contributed by atoms with Crippen molar-refractivity contribution in [2.45, 2.75) is 50.9 Å². The Labute approximate surface area is 74.5 Å². The minimum atomic E-state index is -1.12. The lowest BCUT2D eigenvalue weighted by molar-refractivity contribution is 0.253. The molecule has 0 aromatic carbocycles. The molecule has 0 radical (unpaired) electrons. The SMILES string of the molecule is CCC[P+](=O)C1CCCC(F)C1. The van der Waals surface area contributed by atoms with E-state index in [0.29, 0.717) is 12.8 Å². The molecular weight excluding hydrogens is 174 g/mol. The third kappa shape index (κ3) is 2.82. The topological polar surface area (TPSA) is 17.1 Å². The van der Waals surface area contributed by atoms with Gasteiger partial charge in [0.15, 0.2) is 5.66 Å². The van der Waals surface area contributed by atoms with E-state index >= 15 is 0 Å². The van der Waals surface area contributed by atoms with Gasteiger partial charge in [0.2, 0.25) is 0 Å². The lowest BCUT2D eigenvalue weighted by atomic mass is 9.98. The van der Waals surface area contributed by atoms with Crippen molar-refractivity contribution in [1.29, 1.82) is 0 Å². The molecule has 0 aliphatic heterocycles. The van der Waals surface area contributed by atoms with Crippen LogP contribution in [0.3, 0.4) is 0 Å². The Morgan fingerprint density at radius 1 is 1.50 bits per heavy atom. The predicted molar refractivity (Wildman–Crippen MR) is 49.9 cm³/mol. The minimum absolute atomic E-state index is 0.184. The molecule has 1 aliphatic rings. The van der Waals surface area contributed by atoms with Gasteiger partial charge in [0.1, 0.15) is 12.3 Å². The second kappa shape index (κ2) is 4.91. The van der Waals surface area contributed by atoms with Crippen molar-refractivity contribution < 1.29 is 8.96 Å². The van der Waals surface area contributed by atoms with Crippen molar-refractivity contribution in [1.82, 2.24) is 0 Å². The van der Waals surface area contributed by atoms with Crippen molar-refractivity contribution in [2.75, 3.05) is 6.16 Å². The van der Waals surface area contributed by atoms with Crippen LogP contribution in [-0.4, -0.2) is 18.0 Å². The molecule has 0 saturated heterocycles. The summed E-state index contributed by atoms with van der Waals surface area (Å²) in [5.41, 5.74) is 0.184. The third-order valence-corrected chi connectivity index (χ3v) is 4.61. The first kappa shape index (κ1) is 10.1. The molecule has 3 atom stereocenters. The van der Waals surface area contributed by atoms with Crippen molar-refractivity contribution in [3.8, 4) is 0 Å². The summed E-state index contributed by atoms with van der Waals surface area (Å²) in [6.07, 6.45) is 4.21. The Bertz CT molecular complexity index is 161.